The number of nitrogens with zero attached hydrogens (tertiary/aromatic N) is 2. The molecule has 6 heteroatoms. The van der Waals surface area contributed by atoms with Crippen LogP contribution in [0.1, 0.15) is 40.0 Å². The van der Waals surface area contributed by atoms with Crippen LogP contribution in [0.3, 0.4) is 0 Å². The van der Waals surface area contributed by atoms with Gasteiger partial charge in [-0.3, -0.25) is 19.5 Å². The van der Waals surface area contributed by atoms with E-state index in [4.69, 9.17) is 12.2 Å². The number of amides is 2. The lowest BCUT2D eigenvalue weighted by molar-refractivity contribution is -0.137. The summed E-state index contributed by atoms with van der Waals surface area (Å²) in [6, 6.07) is 0.207. The Hall–Kier alpha value is -1.30. The van der Waals surface area contributed by atoms with Gasteiger partial charge in [0.05, 0.1) is 6.04 Å². The van der Waals surface area contributed by atoms with E-state index in [0.29, 0.717) is 18.4 Å². The number of rotatable bonds is 3. The maximum absolute atomic E-state index is 12.3. The van der Waals surface area contributed by atoms with Crippen molar-refractivity contribution in [1.29, 1.82) is 0 Å². The molecule has 0 spiro atoms. The molecule has 0 aromatic heterocycles. The van der Waals surface area contributed by atoms with Crippen molar-refractivity contribution in [3.63, 3.8) is 0 Å². The Labute approximate surface area is 131 Å². The zero-order valence-corrected chi connectivity index (χ0v) is 13.7. The highest BCUT2D eigenvalue weighted by atomic mass is 32.1. The van der Waals surface area contributed by atoms with Crippen LogP contribution in [0.2, 0.25) is 0 Å². The van der Waals surface area contributed by atoms with Crippen molar-refractivity contribution >= 4 is 35.4 Å². The van der Waals surface area contributed by atoms with Crippen molar-refractivity contribution in [2.75, 3.05) is 6.54 Å². The van der Waals surface area contributed by atoms with Gasteiger partial charge in [0.1, 0.15) is 0 Å². The molecule has 1 aliphatic carbocycles. The van der Waals surface area contributed by atoms with Crippen molar-refractivity contribution in [1.82, 2.24) is 10.2 Å². The Kier molecular flexibility index (Phi) is 5.08. The second-order valence-corrected chi connectivity index (χ2v) is 6.37. The molecule has 0 unspecified atom stereocenters. The van der Waals surface area contributed by atoms with Gasteiger partial charge < -0.3 is 5.32 Å². The van der Waals surface area contributed by atoms with E-state index in [9.17, 15) is 9.59 Å². The van der Waals surface area contributed by atoms with E-state index >= 15 is 0 Å². The Morgan fingerprint density at radius 3 is 2.76 bits per heavy atom. The van der Waals surface area contributed by atoms with Gasteiger partial charge >= 0.3 is 0 Å². The van der Waals surface area contributed by atoms with Gasteiger partial charge in [0, 0.05) is 12.8 Å². The number of hydrogen-bond acceptors (Lipinski definition) is 4. The number of hydrogen-bond donors (Lipinski definition) is 1. The molecule has 0 bridgehead atoms. The van der Waals surface area contributed by atoms with E-state index in [1.54, 1.807) is 0 Å². The highest BCUT2D eigenvalue weighted by Gasteiger charge is 2.37. The Morgan fingerprint density at radius 2 is 2.10 bits per heavy atom. The molecule has 0 aromatic carbocycles. The first-order valence-corrected chi connectivity index (χ1v) is 8.06. The van der Waals surface area contributed by atoms with E-state index in [1.807, 2.05) is 6.92 Å². The molecule has 1 aliphatic heterocycles. The molecule has 116 valence electrons. The number of thiocarbonyl (C=S) groups is 1. The summed E-state index contributed by atoms with van der Waals surface area (Å²) in [6.45, 7) is 6.73. The molecule has 2 fully saturated rings. The van der Waals surface area contributed by atoms with Gasteiger partial charge in [-0.05, 0) is 37.4 Å². The van der Waals surface area contributed by atoms with E-state index in [1.165, 1.54) is 17.5 Å². The van der Waals surface area contributed by atoms with E-state index in [2.05, 4.69) is 24.2 Å². The summed E-state index contributed by atoms with van der Waals surface area (Å²) in [5, 5.41) is 2.77. The number of carbonyl (C=O) groups is 2. The highest BCUT2D eigenvalue weighted by molar-refractivity contribution is 7.80. The van der Waals surface area contributed by atoms with Crippen LogP contribution in [0.5, 0.6) is 0 Å². The highest BCUT2D eigenvalue weighted by Crippen LogP contribution is 2.31. The van der Waals surface area contributed by atoms with Crippen molar-refractivity contribution in [3.8, 4) is 0 Å². The zero-order chi connectivity index (χ0) is 15.6. The quantitative estimate of drug-likeness (QED) is 0.491. The van der Waals surface area contributed by atoms with Crippen LogP contribution in [-0.4, -0.2) is 40.6 Å². The standard InChI is InChI=1S/C15H23N3O2S/c1-4-18-14(20)11(13(19)17-15(18)21)8-16-12-7-5-6-9(2)10(12)3/h8-12H,4-7H2,1-3H3,(H,17,19,21)/t9-,10+,11-,12+/m1/s1. The zero-order valence-electron chi connectivity index (χ0n) is 12.8. The lowest BCUT2D eigenvalue weighted by atomic mass is 9.78. The van der Waals surface area contributed by atoms with Crippen LogP contribution < -0.4 is 5.32 Å². The van der Waals surface area contributed by atoms with Gasteiger partial charge in [0.15, 0.2) is 11.0 Å². The van der Waals surface area contributed by atoms with Gasteiger partial charge in [-0.25, -0.2) is 0 Å². The summed E-state index contributed by atoms with van der Waals surface area (Å²) in [6.07, 6.45) is 4.94. The second-order valence-electron chi connectivity index (χ2n) is 5.99. The summed E-state index contributed by atoms with van der Waals surface area (Å²) in [7, 11) is 0. The molecular formula is C15H23N3O2S. The van der Waals surface area contributed by atoms with Crippen LogP contribution in [0.4, 0.5) is 0 Å². The van der Waals surface area contributed by atoms with Gasteiger partial charge in [0.25, 0.3) is 0 Å². The van der Waals surface area contributed by atoms with E-state index in [-0.39, 0.29) is 23.0 Å². The lowest BCUT2D eigenvalue weighted by Gasteiger charge is -2.32. The fourth-order valence-corrected chi connectivity index (χ4v) is 3.34. The van der Waals surface area contributed by atoms with Gasteiger partial charge in [0.2, 0.25) is 11.8 Å². The Balaban J connectivity index is 2.10. The average molecular weight is 309 g/mol. The molecule has 1 heterocycles. The minimum atomic E-state index is -0.846. The smallest absolute Gasteiger partial charge is 0.246 e. The summed E-state index contributed by atoms with van der Waals surface area (Å²) >= 11 is 5.01. The third-order valence-corrected chi connectivity index (χ3v) is 5.02. The van der Waals surface area contributed by atoms with Crippen molar-refractivity contribution in [2.24, 2.45) is 22.7 Å². The molecule has 4 atom stereocenters. The minimum absolute atomic E-state index is 0.191. The molecule has 21 heavy (non-hydrogen) atoms. The fourth-order valence-electron chi connectivity index (χ4n) is 3.02. The molecule has 0 aromatic rings. The third kappa shape index (κ3) is 3.31. The Morgan fingerprint density at radius 1 is 1.38 bits per heavy atom. The van der Waals surface area contributed by atoms with Gasteiger partial charge in [-0.2, -0.15) is 0 Å². The topological polar surface area (TPSA) is 61.8 Å². The molecule has 1 N–H and O–H groups in total. The number of aliphatic imine (C=N–C) groups is 1. The van der Waals surface area contributed by atoms with Crippen molar-refractivity contribution < 1.29 is 9.59 Å². The summed E-state index contributed by atoms with van der Waals surface area (Å²) in [5.74, 6) is -0.362. The third-order valence-electron chi connectivity index (χ3n) is 4.70. The first kappa shape index (κ1) is 16.1. The molecule has 2 amide bonds. The van der Waals surface area contributed by atoms with Gasteiger partial charge in [-0.1, -0.05) is 26.7 Å². The molecule has 2 rings (SSSR count). The van der Waals surface area contributed by atoms with Crippen LogP contribution in [-0.2, 0) is 9.59 Å². The lowest BCUT2D eigenvalue weighted by Crippen LogP contribution is -2.58. The largest absolute Gasteiger partial charge is 0.302 e. The predicted octanol–water partition coefficient (Wildman–Crippen LogP) is 1.76. The van der Waals surface area contributed by atoms with Gasteiger partial charge in [-0.15, -0.1) is 0 Å². The Bertz CT molecular complexity index is 478. The number of nitrogens with one attached hydrogen (secondary N) is 1. The summed E-state index contributed by atoms with van der Waals surface area (Å²) in [5.41, 5.74) is 0. The van der Waals surface area contributed by atoms with Crippen molar-refractivity contribution in [3.05, 3.63) is 0 Å². The van der Waals surface area contributed by atoms with E-state index < -0.39 is 5.92 Å². The van der Waals surface area contributed by atoms with Crippen LogP contribution in [0, 0.1) is 17.8 Å². The maximum atomic E-state index is 12.3. The molecule has 2 aliphatic rings. The van der Waals surface area contributed by atoms with Crippen LogP contribution >= 0.6 is 12.2 Å². The van der Waals surface area contributed by atoms with E-state index in [0.717, 1.165) is 12.8 Å². The van der Waals surface area contributed by atoms with Crippen LogP contribution in [0.15, 0.2) is 4.99 Å². The SMILES string of the molecule is CCN1C(=O)[C@H](C=N[C@H]2CCC[C@@H](C)[C@@H]2C)C(=O)NC1=S. The summed E-state index contributed by atoms with van der Waals surface area (Å²) in [4.78, 5) is 30.2. The molecule has 0 radical (unpaired) electrons. The molecule has 1 saturated carbocycles. The first-order chi connectivity index (χ1) is 9.95. The fraction of sp³-hybridized carbons (Fsp3) is 0.733. The normalized spacial score (nSPS) is 34.4. The van der Waals surface area contributed by atoms with Crippen LogP contribution in [0.25, 0.3) is 0 Å². The van der Waals surface area contributed by atoms with Crippen molar-refractivity contribution in [2.45, 2.75) is 46.1 Å². The number of carbonyl (C=O) groups excluding carboxylic acids is 2. The molecule has 1 saturated heterocycles. The summed E-state index contributed by atoms with van der Waals surface area (Å²) < 4.78 is 0. The monoisotopic (exact) mass is 309 g/mol. The molecular weight excluding hydrogens is 286 g/mol. The molecule has 5 nitrogen and oxygen atoms in total. The average Bonchev–Trinajstić information content (AvgIpc) is 2.43. The first-order valence-electron chi connectivity index (χ1n) is 7.65. The second kappa shape index (κ2) is 6.64. The minimum Gasteiger partial charge on any atom is -0.302 e. The maximum Gasteiger partial charge on any atom is 0.246 e. The predicted molar refractivity (Wildman–Crippen MR) is 86.1 cm³/mol.